The molecule has 0 radical (unpaired) electrons. The third-order valence-corrected chi connectivity index (χ3v) is 4.61. The lowest BCUT2D eigenvalue weighted by molar-refractivity contribution is -0.140. The maximum atomic E-state index is 11.8. The molecular formula is C11H12N2O4S2. The number of rotatable bonds is 5. The van der Waals surface area contributed by atoms with E-state index in [4.69, 9.17) is 5.11 Å². The van der Waals surface area contributed by atoms with Crippen LogP contribution in [0, 0.1) is 0 Å². The third kappa shape index (κ3) is 3.77. The number of amides is 2. The molecule has 0 aliphatic carbocycles. The molecule has 6 nitrogen and oxygen atoms in total. The zero-order valence-electron chi connectivity index (χ0n) is 10.00. The minimum absolute atomic E-state index is 0.115. The highest BCUT2D eigenvalue weighted by Gasteiger charge is 2.26. The highest BCUT2D eigenvalue weighted by atomic mass is 32.2. The molecule has 0 spiro atoms. The van der Waals surface area contributed by atoms with E-state index >= 15 is 0 Å². The predicted octanol–water partition coefficient (Wildman–Crippen LogP) is 1.01. The van der Waals surface area contributed by atoms with Crippen LogP contribution < -0.4 is 0 Å². The summed E-state index contributed by atoms with van der Waals surface area (Å²) in [4.78, 5) is 39.1. The summed E-state index contributed by atoms with van der Waals surface area (Å²) in [7, 11) is 0. The summed E-state index contributed by atoms with van der Waals surface area (Å²) < 4.78 is 0.649. The zero-order chi connectivity index (χ0) is 13.8. The molecule has 1 aliphatic rings. The fraction of sp³-hybridized carbons (Fsp3) is 0.455. The number of carbonyl (C=O) groups excluding carboxylic acids is 2. The van der Waals surface area contributed by atoms with Crippen LogP contribution in [0.4, 0.5) is 0 Å². The van der Waals surface area contributed by atoms with Gasteiger partial charge in [-0.25, -0.2) is 4.98 Å². The molecule has 0 bridgehead atoms. The van der Waals surface area contributed by atoms with Crippen molar-refractivity contribution in [3.63, 3.8) is 0 Å². The van der Waals surface area contributed by atoms with Crippen molar-refractivity contribution in [2.75, 3.05) is 12.3 Å². The summed E-state index contributed by atoms with van der Waals surface area (Å²) in [5.74, 6) is -1.09. The summed E-state index contributed by atoms with van der Waals surface area (Å²) in [6, 6.07) is 0. The normalized spacial score (nSPS) is 14.9. The number of imide groups is 1. The minimum Gasteiger partial charge on any atom is -0.481 e. The van der Waals surface area contributed by atoms with Crippen LogP contribution >= 0.6 is 23.1 Å². The number of aromatic nitrogens is 1. The van der Waals surface area contributed by atoms with E-state index in [1.807, 2.05) is 0 Å². The molecule has 2 heterocycles. The number of hydrogen-bond acceptors (Lipinski definition) is 6. The lowest BCUT2D eigenvalue weighted by Crippen LogP contribution is -2.33. The molecule has 1 fully saturated rings. The van der Waals surface area contributed by atoms with Crippen molar-refractivity contribution in [1.82, 2.24) is 9.88 Å². The summed E-state index contributed by atoms with van der Waals surface area (Å²) >= 11 is 2.55. The molecular weight excluding hydrogens is 288 g/mol. The van der Waals surface area contributed by atoms with Crippen molar-refractivity contribution in [2.24, 2.45) is 0 Å². The minimum atomic E-state index is -0.930. The van der Waals surface area contributed by atoms with Gasteiger partial charge in [-0.2, -0.15) is 0 Å². The van der Waals surface area contributed by atoms with Crippen molar-refractivity contribution in [2.45, 2.75) is 23.6 Å². The van der Waals surface area contributed by atoms with Crippen LogP contribution in [0.5, 0.6) is 0 Å². The molecule has 2 amide bonds. The van der Waals surface area contributed by atoms with Gasteiger partial charge in [-0.15, -0.1) is 11.3 Å². The maximum Gasteiger partial charge on any atom is 0.309 e. The van der Waals surface area contributed by atoms with Crippen molar-refractivity contribution < 1.29 is 19.5 Å². The Labute approximate surface area is 117 Å². The first-order valence-corrected chi connectivity index (χ1v) is 7.55. The molecule has 1 saturated heterocycles. The number of thioether (sulfide) groups is 1. The largest absolute Gasteiger partial charge is 0.481 e. The van der Waals surface area contributed by atoms with Gasteiger partial charge >= 0.3 is 5.97 Å². The summed E-state index contributed by atoms with van der Waals surface area (Å²) in [5, 5.41) is 10.3. The SMILES string of the molecule is O=C(O)Cc1csc(SCC(=O)N2CCCC2=O)n1. The zero-order valence-corrected chi connectivity index (χ0v) is 11.6. The van der Waals surface area contributed by atoms with Crippen LogP contribution in [0.15, 0.2) is 9.72 Å². The van der Waals surface area contributed by atoms with Gasteiger partial charge in [-0.1, -0.05) is 11.8 Å². The second kappa shape index (κ2) is 6.16. The van der Waals surface area contributed by atoms with Crippen molar-refractivity contribution in [3.8, 4) is 0 Å². The van der Waals surface area contributed by atoms with Crippen LogP contribution in [0.3, 0.4) is 0 Å². The van der Waals surface area contributed by atoms with Gasteiger partial charge in [0.05, 0.1) is 17.9 Å². The third-order valence-electron chi connectivity index (χ3n) is 2.56. The Morgan fingerprint density at radius 1 is 1.53 bits per heavy atom. The van der Waals surface area contributed by atoms with E-state index in [0.29, 0.717) is 23.0 Å². The molecule has 8 heteroatoms. The van der Waals surface area contributed by atoms with E-state index in [1.165, 1.54) is 28.0 Å². The van der Waals surface area contributed by atoms with Crippen LogP contribution in [-0.2, 0) is 20.8 Å². The lowest BCUT2D eigenvalue weighted by atomic mass is 10.3. The Hall–Kier alpha value is -1.41. The highest BCUT2D eigenvalue weighted by molar-refractivity contribution is 8.01. The quantitative estimate of drug-likeness (QED) is 0.817. The molecule has 0 unspecified atom stereocenters. The fourth-order valence-corrected chi connectivity index (χ4v) is 3.42. The number of aliphatic carboxylic acids is 1. The number of likely N-dealkylation sites (tertiary alicyclic amines) is 1. The molecule has 0 atom stereocenters. The molecule has 1 aromatic heterocycles. The number of thiazole rings is 1. The standard InChI is InChI=1S/C11H12N2O4S2/c14-8-2-1-3-13(8)9(15)6-19-11-12-7(5-18-11)4-10(16)17/h5H,1-4,6H2,(H,16,17). The Kier molecular flexibility index (Phi) is 4.54. The highest BCUT2D eigenvalue weighted by Crippen LogP contribution is 2.24. The molecule has 2 rings (SSSR count). The van der Waals surface area contributed by atoms with Gasteiger partial charge in [-0.05, 0) is 6.42 Å². The number of carbonyl (C=O) groups is 3. The fourth-order valence-electron chi connectivity index (χ4n) is 1.70. The number of nitrogens with zero attached hydrogens (tertiary/aromatic N) is 2. The van der Waals surface area contributed by atoms with E-state index < -0.39 is 5.97 Å². The van der Waals surface area contributed by atoms with E-state index in [0.717, 1.165) is 6.42 Å². The van der Waals surface area contributed by atoms with E-state index in [2.05, 4.69) is 4.98 Å². The summed E-state index contributed by atoms with van der Waals surface area (Å²) in [5.41, 5.74) is 0.490. The molecule has 102 valence electrons. The molecule has 19 heavy (non-hydrogen) atoms. The Bertz CT molecular complexity index is 515. The molecule has 1 N–H and O–H groups in total. The number of carboxylic acid groups (broad SMARTS) is 1. The second-order valence-electron chi connectivity index (χ2n) is 4.01. The van der Waals surface area contributed by atoms with E-state index in [9.17, 15) is 14.4 Å². The van der Waals surface area contributed by atoms with Gasteiger partial charge in [-0.3, -0.25) is 19.3 Å². The molecule has 0 saturated carbocycles. The Morgan fingerprint density at radius 3 is 2.95 bits per heavy atom. The van der Waals surface area contributed by atoms with Gasteiger partial charge < -0.3 is 5.11 Å². The van der Waals surface area contributed by atoms with Gasteiger partial charge in [0.1, 0.15) is 0 Å². The van der Waals surface area contributed by atoms with Gasteiger partial charge in [0.2, 0.25) is 11.8 Å². The van der Waals surface area contributed by atoms with Gasteiger partial charge in [0.25, 0.3) is 0 Å². The van der Waals surface area contributed by atoms with Crippen LogP contribution in [0.25, 0.3) is 0 Å². The van der Waals surface area contributed by atoms with E-state index in [1.54, 1.807) is 5.38 Å². The van der Waals surface area contributed by atoms with Crippen LogP contribution in [0.2, 0.25) is 0 Å². The topological polar surface area (TPSA) is 87.6 Å². The van der Waals surface area contributed by atoms with Crippen LogP contribution in [-0.4, -0.2) is 45.1 Å². The smallest absolute Gasteiger partial charge is 0.309 e. The first-order chi connectivity index (χ1) is 9.06. The van der Waals surface area contributed by atoms with Gasteiger partial charge in [0, 0.05) is 18.3 Å². The van der Waals surface area contributed by atoms with Crippen molar-refractivity contribution >= 4 is 40.9 Å². The lowest BCUT2D eigenvalue weighted by Gasteiger charge is -2.12. The number of carboxylic acids is 1. The average Bonchev–Trinajstić information content (AvgIpc) is 2.94. The second-order valence-corrected chi connectivity index (χ2v) is 6.09. The number of hydrogen-bond donors (Lipinski definition) is 1. The van der Waals surface area contributed by atoms with Crippen molar-refractivity contribution in [3.05, 3.63) is 11.1 Å². The first kappa shape index (κ1) is 14.0. The average molecular weight is 300 g/mol. The molecule has 0 aromatic carbocycles. The predicted molar refractivity (Wildman–Crippen MR) is 70.1 cm³/mol. The van der Waals surface area contributed by atoms with Gasteiger partial charge in [0.15, 0.2) is 4.34 Å². The Morgan fingerprint density at radius 2 is 2.32 bits per heavy atom. The summed E-state index contributed by atoms with van der Waals surface area (Å²) in [6.07, 6.45) is 1.06. The van der Waals surface area contributed by atoms with Crippen molar-refractivity contribution in [1.29, 1.82) is 0 Å². The maximum absolute atomic E-state index is 11.8. The van der Waals surface area contributed by atoms with Crippen LogP contribution in [0.1, 0.15) is 18.5 Å². The first-order valence-electron chi connectivity index (χ1n) is 5.68. The molecule has 1 aliphatic heterocycles. The van der Waals surface area contributed by atoms with E-state index in [-0.39, 0.29) is 24.0 Å². The summed E-state index contributed by atoms with van der Waals surface area (Å²) in [6.45, 7) is 0.500. The Balaban J connectivity index is 1.85. The monoisotopic (exact) mass is 300 g/mol. The molecule has 1 aromatic rings.